The Morgan fingerprint density at radius 2 is 1.81 bits per heavy atom. The van der Waals surface area contributed by atoms with Crippen molar-refractivity contribution in [3.8, 4) is 5.75 Å². The van der Waals surface area contributed by atoms with E-state index in [4.69, 9.17) is 25.8 Å². The number of nitrogens with one attached hydrogen (secondary N) is 1. The molecule has 1 fully saturated rings. The fraction of sp³-hybridized carbons (Fsp3) is 0.600. The minimum atomic E-state index is -4.16. The van der Waals surface area contributed by atoms with Gasteiger partial charge in [0.1, 0.15) is 24.2 Å². The number of benzene rings is 2. The highest BCUT2D eigenvalue weighted by molar-refractivity contribution is 7.90. The highest BCUT2D eigenvalue weighted by Gasteiger charge is 2.52. The van der Waals surface area contributed by atoms with Crippen molar-refractivity contribution < 1.29 is 36.6 Å². The Kier molecular flexibility index (Phi) is 12.9. The summed E-state index contributed by atoms with van der Waals surface area (Å²) in [5, 5.41) is -0.465. The van der Waals surface area contributed by atoms with Gasteiger partial charge in [0.2, 0.25) is 15.9 Å². The second-order valence-electron chi connectivity index (χ2n) is 15.2. The van der Waals surface area contributed by atoms with Gasteiger partial charge in [-0.2, -0.15) is 0 Å². The number of sulfonamides is 1. The second-order valence-corrected chi connectivity index (χ2v) is 17.6. The molecule has 4 heterocycles. The Bertz CT molecular complexity index is 1830. The predicted octanol–water partition coefficient (Wildman–Crippen LogP) is 5.98. The Labute approximate surface area is 324 Å². The minimum absolute atomic E-state index is 0.0332. The molecule has 4 aliphatic heterocycles. The number of allylic oxidation sites excluding steroid dienone is 1. The number of halogens is 2. The SMILES string of the molecule is COCCCN(CCCOC)C(=O)[C@H]1/C(F)=C/C[C@H](C)[C@@H](C)S(=O)(=O)NC(=O)c2ccc3c(c2)N2CCCCc4cc(Cl)cc(c4CO3)[C@]3(CCCN13)C2. The van der Waals surface area contributed by atoms with E-state index in [2.05, 4.69) is 9.62 Å². The Morgan fingerprint density at radius 3 is 2.54 bits per heavy atom. The summed E-state index contributed by atoms with van der Waals surface area (Å²) < 4.78 is 64.1. The van der Waals surface area contributed by atoms with E-state index in [0.29, 0.717) is 88.1 Å². The quantitative estimate of drug-likeness (QED) is 0.307. The van der Waals surface area contributed by atoms with E-state index in [1.54, 1.807) is 44.2 Å². The molecule has 1 N–H and O–H groups in total. The summed E-state index contributed by atoms with van der Waals surface area (Å²) in [6.07, 6.45) is 6.32. The summed E-state index contributed by atoms with van der Waals surface area (Å²) in [6, 6.07) is 7.69. The lowest BCUT2D eigenvalue weighted by Crippen LogP contribution is -2.59. The summed E-state index contributed by atoms with van der Waals surface area (Å²) in [7, 11) is -0.928. The van der Waals surface area contributed by atoms with Crippen molar-refractivity contribution in [3.05, 3.63) is 69.5 Å². The van der Waals surface area contributed by atoms with Crippen LogP contribution in [0.1, 0.15) is 85.8 Å². The van der Waals surface area contributed by atoms with Gasteiger partial charge < -0.3 is 24.0 Å². The third-order valence-electron chi connectivity index (χ3n) is 11.7. The van der Waals surface area contributed by atoms with Crippen molar-refractivity contribution in [1.29, 1.82) is 0 Å². The van der Waals surface area contributed by atoms with Gasteiger partial charge in [-0.25, -0.2) is 17.5 Å². The number of aryl methyl sites for hydroxylation is 1. The average Bonchev–Trinajstić information content (AvgIpc) is 3.56. The van der Waals surface area contributed by atoms with E-state index in [1.165, 1.54) is 13.0 Å². The smallest absolute Gasteiger partial charge is 0.264 e. The first-order valence-electron chi connectivity index (χ1n) is 19.2. The van der Waals surface area contributed by atoms with E-state index in [9.17, 15) is 13.2 Å². The van der Waals surface area contributed by atoms with Crippen LogP contribution in [0.4, 0.5) is 10.1 Å². The largest absolute Gasteiger partial charge is 0.487 e. The fourth-order valence-electron chi connectivity index (χ4n) is 8.61. The van der Waals surface area contributed by atoms with Gasteiger partial charge in [-0.05, 0) is 111 Å². The van der Waals surface area contributed by atoms with Crippen LogP contribution in [-0.2, 0) is 42.9 Å². The third-order valence-corrected chi connectivity index (χ3v) is 13.9. The van der Waals surface area contributed by atoms with Crippen LogP contribution < -0.4 is 14.4 Å². The molecule has 2 aromatic carbocycles. The number of hydrogen-bond acceptors (Lipinski definition) is 9. The van der Waals surface area contributed by atoms with Crippen LogP contribution in [0.5, 0.6) is 5.75 Å². The van der Waals surface area contributed by atoms with Crippen LogP contribution in [0, 0.1) is 5.92 Å². The second kappa shape index (κ2) is 17.3. The molecule has 0 radical (unpaired) electrons. The van der Waals surface area contributed by atoms with Crippen LogP contribution in [-0.4, -0.2) is 101 Å². The van der Waals surface area contributed by atoms with Crippen molar-refractivity contribution in [2.45, 2.75) is 88.7 Å². The lowest BCUT2D eigenvalue weighted by Gasteiger charge is -2.47. The molecule has 296 valence electrons. The van der Waals surface area contributed by atoms with Gasteiger partial charge >= 0.3 is 0 Å². The van der Waals surface area contributed by atoms with Gasteiger partial charge in [-0.3, -0.25) is 14.5 Å². The van der Waals surface area contributed by atoms with E-state index >= 15 is 9.18 Å². The summed E-state index contributed by atoms with van der Waals surface area (Å²) in [5.74, 6) is -1.76. The number of methoxy groups -OCH3 is 2. The molecule has 2 amide bonds. The standard InChI is InChI=1S/C40H54ClFN4O7S/c1-27-11-13-34(42)37(39(48)44(17-8-20-51-3)18-9-21-52-4)46-19-7-15-40(46)26-45-16-6-5-10-29-22-31(41)24-33(40)32(29)25-53-36-14-12-30(23-35(36)45)38(47)43-54(49,50)28(27)2/h12-14,22-24,27-28,37H,5-11,15-21,25-26H2,1-4H3,(H,43,47)/b34-13-/t27-,28+,37+,40-/m0/s1. The molecule has 54 heavy (non-hydrogen) atoms. The molecule has 7 bridgehead atoms. The normalized spacial score (nSPS) is 26.6. The zero-order valence-electron chi connectivity index (χ0n) is 31.9. The molecule has 4 atom stereocenters. The van der Waals surface area contributed by atoms with Gasteiger partial charge in [-0.15, -0.1) is 0 Å². The number of amides is 2. The zero-order chi connectivity index (χ0) is 38.6. The van der Waals surface area contributed by atoms with E-state index < -0.39 is 44.5 Å². The number of carbonyl (C=O) groups is 2. The number of ether oxygens (including phenoxy) is 3. The van der Waals surface area contributed by atoms with Crippen LogP contribution in [0.2, 0.25) is 5.02 Å². The highest BCUT2D eigenvalue weighted by atomic mass is 35.5. The maximum Gasteiger partial charge on any atom is 0.264 e. The summed E-state index contributed by atoms with van der Waals surface area (Å²) in [4.78, 5) is 34.7. The number of hydrogen-bond donors (Lipinski definition) is 1. The number of anilines is 1. The Balaban J connectivity index is 1.60. The molecular weight excluding hydrogens is 735 g/mol. The highest BCUT2D eigenvalue weighted by Crippen LogP contribution is 2.49. The molecule has 2 aromatic rings. The van der Waals surface area contributed by atoms with Gasteiger partial charge in [-0.1, -0.05) is 24.6 Å². The first-order valence-corrected chi connectivity index (χ1v) is 21.1. The number of nitrogens with zero attached hydrogens (tertiary/aromatic N) is 3. The van der Waals surface area contributed by atoms with Crippen molar-refractivity contribution in [1.82, 2.24) is 14.5 Å². The molecule has 14 heteroatoms. The van der Waals surface area contributed by atoms with Gasteiger partial charge in [0.15, 0.2) is 0 Å². The van der Waals surface area contributed by atoms with E-state index in [0.717, 1.165) is 36.0 Å². The van der Waals surface area contributed by atoms with Crippen molar-refractivity contribution >= 4 is 39.1 Å². The zero-order valence-corrected chi connectivity index (χ0v) is 33.4. The lowest BCUT2D eigenvalue weighted by atomic mass is 9.79. The lowest BCUT2D eigenvalue weighted by molar-refractivity contribution is -0.138. The molecule has 11 nitrogen and oxygen atoms in total. The first kappa shape index (κ1) is 40.4. The molecule has 0 aliphatic carbocycles. The summed E-state index contributed by atoms with van der Waals surface area (Å²) in [5.41, 5.74) is 2.90. The number of fused-ring (bicyclic) bond motifs is 1. The maximum absolute atomic E-state index is 17.4. The van der Waals surface area contributed by atoms with Crippen molar-refractivity contribution in [3.63, 3.8) is 0 Å². The van der Waals surface area contributed by atoms with Gasteiger partial charge in [0.05, 0.1) is 16.5 Å². The average molecular weight is 789 g/mol. The summed E-state index contributed by atoms with van der Waals surface area (Å²) >= 11 is 6.95. The van der Waals surface area contributed by atoms with Gasteiger partial charge in [0.25, 0.3) is 5.91 Å². The molecule has 0 aromatic heterocycles. The molecule has 1 spiro atoms. The molecule has 6 rings (SSSR count). The third kappa shape index (κ3) is 8.30. The molecule has 0 saturated carbocycles. The molecule has 1 saturated heterocycles. The van der Waals surface area contributed by atoms with Crippen molar-refractivity contribution in [2.75, 3.05) is 65.1 Å². The Hall–Kier alpha value is -3.23. The predicted molar refractivity (Wildman–Crippen MR) is 207 cm³/mol. The van der Waals surface area contributed by atoms with Crippen LogP contribution in [0.3, 0.4) is 0 Å². The monoisotopic (exact) mass is 788 g/mol. The van der Waals surface area contributed by atoms with Crippen molar-refractivity contribution in [2.24, 2.45) is 5.92 Å². The first-order chi connectivity index (χ1) is 25.9. The number of carbonyl (C=O) groups excluding carboxylic acids is 2. The van der Waals surface area contributed by atoms with Crippen LogP contribution in [0.25, 0.3) is 0 Å². The molecular formula is C40H54ClFN4O7S. The topological polar surface area (TPSA) is 118 Å². The van der Waals surface area contributed by atoms with Crippen LogP contribution in [0.15, 0.2) is 42.2 Å². The fourth-order valence-corrected chi connectivity index (χ4v) is 10.1. The minimum Gasteiger partial charge on any atom is -0.487 e. The number of rotatable bonds is 9. The maximum atomic E-state index is 17.4. The van der Waals surface area contributed by atoms with E-state index in [-0.39, 0.29) is 24.5 Å². The van der Waals surface area contributed by atoms with E-state index in [1.807, 2.05) is 17.0 Å². The Morgan fingerprint density at radius 1 is 1.07 bits per heavy atom. The molecule has 0 unspecified atom stereocenters. The van der Waals surface area contributed by atoms with Gasteiger partial charge in [0, 0.05) is 70.7 Å². The molecule has 4 aliphatic rings. The van der Waals surface area contributed by atoms with Crippen LogP contribution >= 0.6 is 11.6 Å². The summed E-state index contributed by atoms with van der Waals surface area (Å²) in [6.45, 7) is 6.43.